The Labute approximate surface area is 200 Å². The SMILES string of the molecule is CCOc1ccc2nc(NC(=O)CSc3cccc(NC(=O)c4ccc(C)cc4)c3)sc2c1. The number of thioether (sulfide) groups is 1. The van der Waals surface area contributed by atoms with Gasteiger partial charge in [-0.1, -0.05) is 35.1 Å². The van der Waals surface area contributed by atoms with E-state index in [0.29, 0.717) is 23.0 Å². The van der Waals surface area contributed by atoms with Crippen LogP contribution >= 0.6 is 23.1 Å². The molecule has 0 fully saturated rings. The quantitative estimate of drug-likeness (QED) is 0.305. The van der Waals surface area contributed by atoms with Gasteiger partial charge in [-0.15, -0.1) is 11.8 Å². The molecule has 0 bridgehead atoms. The van der Waals surface area contributed by atoms with E-state index in [9.17, 15) is 9.59 Å². The molecule has 0 spiro atoms. The molecule has 6 nitrogen and oxygen atoms in total. The molecule has 0 aliphatic heterocycles. The maximum atomic E-state index is 12.4. The Morgan fingerprint density at radius 2 is 1.85 bits per heavy atom. The first-order chi connectivity index (χ1) is 16.0. The molecule has 8 heteroatoms. The van der Waals surface area contributed by atoms with Crippen LogP contribution in [0.2, 0.25) is 0 Å². The van der Waals surface area contributed by atoms with Gasteiger partial charge in [-0.3, -0.25) is 9.59 Å². The van der Waals surface area contributed by atoms with Gasteiger partial charge < -0.3 is 15.4 Å². The maximum absolute atomic E-state index is 12.4. The first-order valence-electron chi connectivity index (χ1n) is 10.4. The number of aromatic nitrogens is 1. The van der Waals surface area contributed by atoms with Crippen molar-refractivity contribution in [2.45, 2.75) is 18.7 Å². The summed E-state index contributed by atoms with van der Waals surface area (Å²) in [6.45, 7) is 4.52. The summed E-state index contributed by atoms with van der Waals surface area (Å²) in [6, 6.07) is 20.5. The van der Waals surface area contributed by atoms with Crippen LogP contribution in [0.1, 0.15) is 22.8 Å². The van der Waals surface area contributed by atoms with Crippen molar-refractivity contribution in [3.05, 3.63) is 77.9 Å². The smallest absolute Gasteiger partial charge is 0.255 e. The summed E-state index contributed by atoms with van der Waals surface area (Å²) in [6.07, 6.45) is 0. The number of anilines is 2. The van der Waals surface area contributed by atoms with Gasteiger partial charge in [-0.05, 0) is 62.4 Å². The van der Waals surface area contributed by atoms with Crippen molar-refractivity contribution in [3.63, 3.8) is 0 Å². The fraction of sp³-hybridized carbons (Fsp3) is 0.160. The maximum Gasteiger partial charge on any atom is 0.255 e. The normalized spacial score (nSPS) is 10.7. The monoisotopic (exact) mass is 477 g/mol. The number of hydrogen-bond acceptors (Lipinski definition) is 6. The average molecular weight is 478 g/mol. The molecular formula is C25H23N3O3S2. The van der Waals surface area contributed by atoms with Crippen molar-refractivity contribution in [2.75, 3.05) is 23.0 Å². The summed E-state index contributed by atoms with van der Waals surface area (Å²) in [5.74, 6) is 0.711. The number of carbonyl (C=O) groups is 2. The molecule has 2 N–H and O–H groups in total. The highest BCUT2D eigenvalue weighted by atomic mass is 32.2. The third-order valence-corrected chi connectivity index (χ3v) is 6.62. The van der Waals surface area contributed by atoms with Crippen molar-refractivity contribution in [2.24, 2.45) is 0 Å². The first kappa shape index (κ1) is 22.8. The van der Waals surface area contributed by atoms with E-state index in [4.69, 9.17) is 4.74 Å². The second-order valence-corrected chi connectivity index (χ2v) is 9.35. The van der Waals surface area contributed by atoms with Crippen molar-refractivity contribution < 1.29 is 14.3 Å². The van der Waals surface area contributed by atoms with Crippen molar-refractivity contribution >= 4 is 55.9 Å². The number of nitrogens with one attached hydrogen (secondary N) is 2. The Hall–Kier alpha value is -3.36. The molecule has 3 aromatic carbocycles. The molecule has 2 amide bonds. The van der Waals surface area contributed by atoms with Gasteiger partial charge in [-0.2, -0.15) is 0 Å². The number of benzene rings is 3. The number of nitrogens with zero attached hydrogens (tertiary/aromatic N) is 1. The summed E-state index contributed by atoms with van der Waals surface area (Å²) < 4.78 is 6.48. The third-order valence-electron chi connectivity index (χ3n) is 4.69. The van der Waals surface area contributed by atoms with Crippen LogP contribution in [0.4, 0.5) is 10.8 Å². The minimum atomic E-state index is -0.168. The molecule has 168 valence electrons. The van der Waals surface area contributed by atoms with Gasteiger partial charge in [0, 0.05) is 16.1 Å². The summed E-state index contributed by atoms with van der Waals surface area (Å²) >= 11 is 2.81. The minimum absolute atomic E-state index is 0.141. The summed E-state index contributed by atoms with van der Waals surface area (Å²) in [5, 5.41) is 6.32. The van der Waals surface area contributed by atoms with E-state index in [1.54, 1.807) is 12.1 Å². The van der Waals surface area contributed by atoms with Gasteiger partial charge in [0.1, 0.15) is 5.75 Å². The lowest BCUT2D eigenvalue weighted by molar-refractivity contribution is -0.113. The second-order valence-electron chi connectivity index (χ2n) is 7.27. The van der Waals surface area contributed by atoms with Crippen LogP contribution in [-0.4, -0.2) is 29.2 Å². The molecule has 4 aromatic rings. The van der Waals surface area contributed by atoms with E-state index in [1.807, 2.05) is 68.4 Å². The van der Waals surface area contributed by atoms with E-state index in [2.05, 4.69) is 15.6 Å². The van der Waals surface area contributed by atoms with Crippen LogP contribution < -0.4 is 15.4 Å². The minimum Gasteiger partial charge on any atom is -0.494 e. The van der Waals surface area contributed by atoms with Gasteiger partial charge >= 0.3 is 0 Å². The predicted molar refractivity (Wildman–Crippen MR) is 136 cm³/mol. The highest BCUT2D eigenvalue weighted by Crippen LogP contribution is 2.30. The number of fused-ring (bicyclic) bond motifs is 1. The summed E-state index contributed by atoms with van der Waals surface area (Å²) in [7, 11) is 0. The molecule has 0 aliphatic rings. The molecule has 33 heavy (non-hydrogen) atoms. The largest absolute Gasteiger partial charge is 0.494 e. The number of rotatable bonds is 8. The van der Waals surface area contributed by atoms with Gasteiger partial charge in [0.15, 0.2) is 5.13 Å². The van der Waals surface area contributed by atoms with Gasteiger partial charge in [0.2, 0.25) is 5.91 Å². The lowest BCUT2D eigenvalue weighted by Gasteiger charge is -2.08. The summed E-state index contributed by atoms with van der Waals surface area (Å²) in [4.78, 5) is 30.2. The molecule has 0 radical (unpaired) electrons. The molecule has 4 rings (SSSR count). The third kappa shape index (κ3) is 6.12. The van der Waals surface area contributed by atoms with Gasteiger partial charge in [0.25, 0.3) is 5.91 Å². The number of hydrogen-bond donors (Lipinski definition) is 2. The molecule has 0 atom stereocenters. The van der Waals surface area contributed by atoms with Crippen LogP contribution in [0.25, 0.3) is 10.2 Å². The lowest BCUT2D eigenvalue weighted by Crippen LogP contribution is -2.14. The molecule has 0 saturated carbocycles. The highest BCUT2D eigenvalue weighted by molar-refractivity contribution is 8.00. The number of carbonyl (C=O) groups excluding carboxylic acids is 2. The highest BCUT2D eigenvalue weighted by Gasteiger charge is 2.11. The fourth-order valence-electron chi connectivity index (χ4n) is 3.09. The Morgan fingerprint density at radius 1 is 1.03 bits per heavy atom. The van der Waals surface area contributed by atoms with Gasteiger partial charge in [0.05, 0.1) is 22.6 Å². The Bertz CT molecular complexity index is 1290. The van der Waals surface area contributed by atoms with Crippen LogP contribution in [0.5, 0.6) is 5.75 Å². The van der Waals surface area contributed by atoms with Crippen LogP contribution in [-0.2, 0) is 4.79 Å². The first-order valence-corrected chi connectivity index (χ1v) is 12.2. The van der Waals surface area contributed by atoms with Gasteiger partial charge in [-0.25, -0.2) is 4.98 Å². The van der Waals surface area contributed by atoms with E-state index in [0.717, 1.165) is 26.4 Å². The number of ether oxygens (including phenoxy) is 1. The summed E-state index contributed by atoms with van der Waals surface area (Å²) in [5.41, 5.74) is 3.21. The molecule has 1 heterocycles. The van der Waals surface area contributed by atoms with Crippen molar-refractivity contribution in [1.82, 2.24) is 4.98 Å². The number of thiazole rings is 1. The van der Waals surface area contributed by atoms with E-state index < -0.39 is 0 Å². The Kier molecular flexibility index (Phi) is 7.26. The van der Waals surface area contributed by atoms with Crippen molar-refractivity contribution in [3.8, 4) is 5.75 Å². The molecule has 0 saturated heterocycles. The van der Waals surface area contributed by atoms with E-state index >= 15 is 0 Å². The second kappa shape index (κ2) is 10.5. The zero-order valence-corrected chi connectivity index (χ0v) is 19.9. The van der Waals surface area contributed by atoms with E-state index in [-0.39, 0.29) is 17.6 Å². The zero-order valence-electron chi connectivity index (χ0n) is 18.3. The molecule has 0 aliphatic carbocycles. The molecule has 1 aromatic heterocycles. The van der Waals surface area contributed by atoms with E-state index in [1.165, 1.54) is 23.1 Å². The topological polar surface area (TPSA) is 80.3 Å². The number of amides is 2. The standard InChI is InChI=1S/C25H23N3O3S2/c1-3-31-19-11-12-21-22(14-19)33-25(27-21)28-23(29)15-32-20-6-4-5-18(13-20)26-24(30)17-9-7-16(2)8-10-17/h4-14H,3,15H2,1-2H3,(H,26,30)(H,27,28,29). The Balaban J connectivity index is 1.33. The van der Waals surface area contributed by atoms with Crippen molar-refractivity contribution in [1.29, 1.82) is 0 Å². The predicted octanol–water partition coefficient (Wildman–Crippen LogP) is 5.99. The van der Waals surface area contributed by atoms with Crippen LogP contribution in [0, 0.1) is 6.92 Å². The zero-order chi connectivity index (χ0) is 23.2. The Morgan fingerprint density at radius 3 is 2.64 bits per heavy atom. The van der Waals surface area contributed by atoms with Crippen LogP contribution in [0.3, 0.4) is 0 Å². The molecular weight excluding hydrogens is 454 g/mol. The number of aryl methyl sites for hydroxylation is 1. The average Bonchev–Trinajstić information content (AvgIpc) is 3.20. The lowest BCUT2D eigenvalue weighted by atomic mass is 10.1. The van der Waals surface area contributed by atoms with Crippen LogP contribution in [0.15, 0.2) is 71.6 Å². The molecule has 0 unspecified atom stereocenters. The fourth-order valence-corrected chi connectivity index (χ4v) is 4.76.